The van der Waals surface area contributed by atoms with Gasteiger partial charge in [0.1, 0.15) is 11.3 Å². The van der Waals surface area contributed by atoms with Crippen molar-refractivity contribution >= 4 is 22.6 Å². The Morgan fingerprint density at radius 3 is 2.47 bits per heavy atom. The van der Waals surface area contributed by atoms with E-state index in [-0.39, 0.29) is 35.0 Å². The second-order valence-corrected chi connectivity index (χ2v) is 10.7. The van der Waals surface area contributed by atoms with E-state index in [1.807, 2.05) is 38.1 Å². The quantitative estimate of drug-likeness (QED) is 0.497. The standard InChI is InChI=1S/C28H40N4O4/c1-18(2)32-26-8-6-5-7-21(26)13-25(28(32)35)27(34)30-15-20-11-22-9-10-23(12-20)31(22)17-24(36-4)16-29-14-19(3)33/h5-8,13,18,20,22-24,29H,9-12,14-17H2,1-4H3,(H,30,34)/t20?,22-,23+,24?. The highest BCUT2D eigenvalue weighted by Crippen LogP contribution is 2.38. The molecule has 2 aliphatic heterocycles. The van der Waals surface area contributed by atoms with Gasteiger partial charge in [-0.2, -0.15) is 0 Å². The van der Waals surface area contributed by atoms with E-state index in [0.717, 1.165) is 43.1 Å². The highest BCUT2D eigenvalue weighted by Gasteiger charge is 2.41. The Balaban J connectivity index is 1.36. The lowest BCUT2D eigenvalue weighted by Gasteiger charge is -2.40. The number of fused-ring (bicyclic) bond motifs is 3. The van der Waals surface area contributed by atoms with E-state index in [9.17, 15) is 14.4 Å². The molecule has 1 aromatic carbocycles. The first-order valence-corrected chi connectivity index (χ1v) is 13.2. The lowest BCUT2D eigenvalue weighted by molar-refractivity contribution is -0.116. The minimum atomic E-state index is -0.286. The number of hydrogen-bond acceptors (Lipinski definition) is 6. The van der Waals surface area contributed by atoms with E-state index in [1.54, 1.807) is 24.7 Å². The number of ether oxygens (including phenoxy) is 1. The van der Waals surface area contributed by atoms with Crippen LogP contribution in [-0.4, -0.2) is 72.6 Å². The molecule has 4 rings (SSSR count). The van der Waals surface area contributed by atoms with E-state index < -0.39 is 0 Å². The number of nitrogens with zero attached hydrogens (tertiary/aromatic N) is 2. The Morgan fingerprint density at radius 1 is 1.14 bits per heavy atom. The molecule has 8 nitrogen and oxygen atoms in total. The number of nitrogens with one attached hydrogen (secondary N) is 2. The molecule has 2 unspecified atom stereocenters. The number of para-hydroxylation sites is 1. The van der Waals surface area contributed by atoms with Crippen LogP contribution in [0, 0.1) is 5.92 Å². The zero-order valence-electron chi connectivity index (χ0n) is 22.0. The largest absolute Gasteiger partial charge is 0.379 e. The van der Waals surface area contributed by atoms with Gasteiger partial charge in [0.2, 0.25) is 0 Å². The second kappa shape index (κ2) is 11.7. The van der Waals surface area contributed by atoms with Gasteiger partial charge < -0.3 is 19.9 Å². The molecule has 2 fully saturated rings. The van der Waals surface area contributed by atoms with Crippen LogP contribution >= 0.6 is 0 Å². The van der Waals surface area contributed by atoms with Gasteiger partial charge in [0.05, 0.1) is 18.2 Å². The highest BCUT2D eigenvalue weighted by atomic mass is 16.5. The third-order valence-corrected chi connectivity index (χ3v) is 7.73. The molecule has 3 heterocycles. The number of hydrogen-bond donors (Lipinski definition) is 2. The van der Waals surface area contributed by atoms with E-state index in [1.165, 1.54) is 0 Å². The molecule has 0 aliphatic carbocycles. The number of piperidine rings is 1. The Hall–Kier alpha value is -2.55. The number of methoxy groups -OCH3 is 1. The maximum Gasteiger partial charge on any atom is 0.264 e. The number of carbonyl (C=O) groups excluding carboxylic acids is 2. The lowest BCUT2D eigenvalue weighted by Crippen LogP contribution is -2.50. The van der Waals surface area contributed by atoms with Crippen LogP contribution < -0.4 is 16.2 Å². The van der Waals surface area contributed by atoms with Crippen molar-refractivity contribution < 1.29 is 14.3 Å². The summed E-state index contributed by atoms with van der Waals surface area (Å²) >= 11 is 0. The third-order valence-electron chi connectivity index (χ3n) is 7.73. The number of rotatable bonds is 11. The molecule has 0 spiro atoms. The number of carbonyl (C=O) groups is 2. The van der Waals surface area contributed by atoms with Gasteiger partial charge in [-0.3, -0.25) is 19.3 Å². The van der Waals surface area contributed by atoms with Crippen LogP contribution in [0.15, 0.2) is 35.1 Å². The van der Waals surface area contributed by atoms with Gasteiger partial charge in [0.15, 0.2) is 0 Å². The monoisotopic (exact) mass is 496 g/mol. The van der Waals surface area contributed by atoms with E-state index in [0.29, 0.717) is 37.6 Å². The van der Waals surface area contributed by atoms with Crippen LogP contribution in [0.2, 0.25) is 0 Å². The Kier molecular flexibility index (Phi) is 8.59. The average molecular weight is 497 g/mol. The summed E-state index contributed by atoms with van der Waals surface area (Å²) in [6.07, 6.45) is 4.43. The summed E-state index contributed by atoms with van der Waals surface area (Å²) in [5.74, 6) is 0.234. The summed E-state index contributed by atoms with van der Waals surface area (Å²) in [7, 11) is 1.73. The Bertz CT molecular complexity index is 1130. The van der Waals surface area contributed by atoms with Gasteiger partial charge in [-0.25, -0.2) is 0 Å². The first-order valence-electron chi connectivity index (χ1n) is 13.2. The topological polar surface area (TPSA) is 92.7 Å². The van der Waals surface area contributed by atoms with Crippen molar-refractivity contribution in [3.05, 3.63) is 46.2 Å². The summed E-state index contributed by atoms with van der Waals surface area (Å²) < 4.78 is 7.39. The SMILES string of the molecule is COC(CNCC(C)=O)CN1[C@@H]2CC[C@H]1CC(CNC(=O)c1cc3ccccc3n(C(C)C)c1=O)C2. The van der Waals surface area contributed by atoms with E-state index in [2.05, 4.69) is 15.5 Å². The maximum atomic E-state index is 13.2. The van der Waals surface area contributed by atoms with Crippen molar-refractivity contribution in [1.29, 1.82) is 0 Å². The van der Waals surface area contributed by atoms with Gasteiger partial charge >= 0.3 is 0 Å². The molecule has 0 radical (unpaired) electrons. The fourth-order valence-corrected chi connectivity index (χ4v) is 6.01. The van der Waals surface area contributed by atoms with Crippen molar-refractivity contribution in [2.24, 2.45) is 5.92 Å². The van der Waals surface area contributed by atoms with Crippen molar-refractivity contribution in [1.82, 2.24) is 20.1 Å². The molecule has 1 amide bonds. The summed E-state index contributed by atoms with van der Waals surface area (Å²) in [4.78, 5) is 40.1. The maximum absolute atomic E-state index is 13.2. The normalized spacial score (nSPS) is 22.8. The number of benzene rings is 1. The number of amides is 1. The fraction of sp³-hybridized carbons (Fsp3) is 0.607. The molecule has 36 heavy (non-hydrogen) atoms. The number of Topliss-reactive ketones (excluding diaryl/α,β-unsaturated/α-hetero) is 1. The van der Waals surface area contributed by atoms with Crippen molar-refractivity contribution in [3.8, 4) is 0 Å². The molecule has 2 aliphatic rings. The molecule has 4 atom stereocenters. The summed E-state index contributed by atoms with van der Waals surface area (Å²) in [5, 5.41) is 7.16. The zero-order chi connectivity index (χ0) is 25.8. The van der Waals surface area contributed by atoms with Crippen molar-refractivity contribution in [3.63, 3.8) is 0 Å². The lowest BCUT2D eigenvalue weighted by atomic mass is 9.90. The molecule has 196 valence electrons. The smallest absolute Gasteiger partial charge is 0.264 e. The van der Waals surface area contributed by atoms with Crippen molar-refractivity contribution in [2.75, 3.05) is 33.3 Å². The van der Waals surface area contributed by atoms with Crippen LogP contribution in [0.25, 0.3) is 10.9 Å². The molecule has 8 heteroatoms. The summed E-state index contributed by atoms with van der Waals surface area (Å²) in [6.45, 7) is 7.97. The Labute approximate surface area is 213 Å². The van der Waals surface area contributed by atoms with Crippen LogP contribution in [0.1, 0.15) is 62.9 Å². The van der Waals surface area contributed by atoms with Crippen LogP contribution in [0.3, 0.4) is 0 Å². The number of ketones is 1. The minimum absolute atomic E-state index is 0.0383. The molecule has 0 saturated carbocycles. The molecular formula is C28H40N4O4. The Morgan fingerprint density at radius 2 is 1.83 bits per heavy atom. The highest BCUT2D eigenvalue weighted by molar-refractivity contribution is 5.97. The van der Waals surface area contributed by atoms with Crippen LogP contribution in [0.5, 0.6) is 0 Å². The van der Waals surface area contributed by atoms with E-state index >= 15 is 0 Å². The first-order chi connectivity index (χ1) is 17.3. The second-order valence-electron chi connectivity index (χ2n) is 10.7. The van der Waals surface area contributed by atoms with Crippen LogP contribution in [-0.2, 0) is 9.53 Å². The van der Waals surface area contributed by atoms with Gasteiger partial charge in [0, 0.05) is 44.9 Å². The van der Waals surface area contributed by atoms with Crippen LogP contribution in [0.4, 0.5) is 0 Å². The predicted octanol–water partition coefficient (Wildman–Crippen LogP) is 2.75. The van der Waals surface area contributed by atoms with Gasteiger partial charge in [-0.1, -0.05) is 18.2 Å². The molecule has 2 bridgehead atoms. The minimum Gasteiger partial charge on any atom is -0.379 e. The molecule has 2 aromatic rings. The molecular weight excluding hydrogens is 456 g/mol. The summed E-state index contributed by atoms with van der Waals surface area (Å²) in [5.41, 5.74) is 0.827. The van der Waals surface area contributed by atoms with Gasteiger partial charge in [0.25, 0.3) is 11.5 Å². The number of aromatic nitrogens is 1. The van der Waals surface area contributed by atoms with Gasteiger partial charge in [-0.15, -0.1) is 0 Å². The third kappa shape index (κ3) is 5.88. The molecule has 2 N–H and O–H groups in total. The zero-order valence-corrected chi connectivity index (χ0v) is 22.0. The van der Waals surface area contributed by atoms with E-state index in [4.69, 9.17) is 4.74 Å². The number of pyridine rings is 1. The van der Waals surface area contributed by atoms with Gasteiger partial charge in [-0.05, 0) is 69.9 Å². The fourth-order valence-electron chi connectivity index (χ4n) is 6.01. The molecule has 1 aromatic heterocycles. The van der Waals surface area contributed by atoms with Crippen molar-refractivity contribution in [2.45, 2.75) is 70.7 Å². The summed E-state index contributed by atoms with van der Waals surface area (Å²) in [6, 6.07) is 10.4. The average Bonchev–Trinajstić information content (AvgIpc) is 3.07. The predicted molar refractivity (Wildman–Crippen MR) is 142 cm³/mol. The first kappa shape index (κ1) is 26.5. The molecule has 2 saturated heterocycles.